The van der Waals surface area contributed by atoms with Crippen LogP contribution in [0.3, 0.4) is 0 Å². The summed E-state index contributed by atoms with van der Waals surface area (Å²) in [6.45, 7) is 3.51. The molecule has 0 saturated carbocycles. The summed E-state index contributed by atoms with van der Waals surface area (Å²) in [5, 5.41) is 10.6. The largest absolute Gasteiger partial charge is 0.472 e. The van der Waals surface area contributed by atoms with Gasteiger partial charge in [-0.05, 0) is 30.3 Å². The highest BCUT2D eigenvalue weighted by molar-refractivity contribution is 5.96. The molecular weight excluding hydrogens is 435 g/mol. The van der Waals surface area contributed by atoms with Gasteiger partial charge in [-0.25, -0.2) is 14.4 Å². The third-order valence-corrected chi connectivity index (χ3v) is 5.63. The number of hydrogen-bond acceptors (Lipinski definition) is 7. The molecule has 0 aliphatic carbocycles. The first-order valence-corrected chi connectivity index (χ1v) is 10.8. The number of halogens is 1. The van der Waals surface area contributed by atoms with Crippen molar-refractivity contribution in [2.45, 2.75) is 13.5 Å². The van der Waals surface area contributed by atoms with E-state index in [0.29, 0.717) is 46.0 Å². The molecule has 3 N–H and O–H groups in total. The molecular formula is C24H19FN8O. The SMILES string of the molecule is CCNCc1cncc(-c2cnc3[nH]nc(-c4nc5c(-c6ccoc6)nccc5[nH]4)c3c2F)c1. The molecule has 0 aliphatic heterocycles. The zero-order valence-corrected chi connectivity index (χ0v) is 18.1. The van der Waals surface area contributed by atoms with E-state index in [9.17, 15) is 0 Å². The maximum Gasteiger partial charge on any atom is 0.159 e. The fourth-order valence-corrected chi connectivity index (χ4v) is 3.99. The maximum absolute atomic E-state index is 15.9. The molecule has 0 unspecified atom stereocenters. The minimum Gasteiger partial charge on any atom is -0.472 e. The number of aromatic amines is 2. The molecule has 0 spiro atoms. The second-order valence-corrected chi connectivity index (χ2v) is 7.80. The third kappa shape index (κ3) is 3.32. The molecule has 6 aromatic rings. The minimum atomic E-state index is -0.440. The van der Waals surface area contributed by atoms with Gasteiger partial charge in [0.1, 0.15) is 22.7 Å². The predicted molar refractivity (Wildman–Crippen MR) is 125 cm³/mol. The average molecular weight is 454 g/mol. The molecule has 0 atom stereocenters. The highest BCUT2D eigenvalue weighted by Gasteiger charge is 2.21. The predicted octanol–water partition coefficient (Wildman–Crippen LogP) is 4.47. The Balaban J connectivity index is 1.48. The molecule has 0 saturated heterocycles. The maximum atomic E-state index is 15.9. The van der Waals surface area contributed by atoms with E-state index in [1.54, 1.807) is 31.1 Å². The van der Waals surface area contributed by atoms with Gasteiger partial charge in [-0.3, -0.25) is 15.1 Å². The fourth-order valence-electron chi connectivity index (χ4n) is 3.99. The number of rotatable bonds is 6. The van der Waals surface area contributed by atoms with E-state index in [0.717, 1.165) is 23.2 Å². The van der Waals surface area contributed by atoms with Crippen molar-refractivity contribution >= 4 is 22.1 Å². The van der Waals surface area contributed by atoms with E-state index in [1.807, 2.05) is 25.1 Å². The van der Waals surface area contributed by atoms with Gasteiger partial charge in [-0.2, -0.15) is 5.10 Å². The lowest BCUT2D eigenvalue weighted by Crippen LogP contribution is -2.11. The summed E-state index contributed by atoms with van der Waals surface area (Å²) >= 11 is 0. The van der Waals surface area contributed by atoms with Gasteiger partial charge in [0, 0.05) is 48.0 Å². The summed E-state index contributed by atoms with van der Waals surface area (Å²) in [7, 11) is 0. The van der Waals surface area contributed by atoms with Crippen molar-refractivity contribution in [1.29, 1.82) is 0 Å². The monoisotopic (exact) mass is 454 g/mol. The van der Waals surface area contributed by atoms with Gasteiger partial charge in [-0.15, -0.1) is 0 Å². The van der Waals surface area contributed by atoms with Gasteiger partial charge in [0.25, 0.3) is 0 Å². The van der Waals surface area contributed by atoms with E-state index in [4.69, 9.17) is 9.40 Å². The lowest BCUT2D eigenvalue weighted by Gasteiger charge is -2.07. The number of H-pyrrole nitrogens is 2. The van der Waals surface area contributed by atoms with Crippen LogP contribution in [0.15, 0.2) is 59.9 Å². The Morgan fingerprint density at radius 1 is 1.09 bits per heavy atom. The topological polar surface area (TPSA) is 121 Å². The molecule has 0 bridgehead atoms. The number of aromatic nitrogens is 7. The molecule has 34 heavy (non-hydrogen) atoms. The van der Waals surface area contributed by atoms with E-state index in [-0.39, 0.29) is 5.39 Å². The van der Waals surface area contributed by atoms with E-state index in [2.05, 4.69) is 35.5 Å². The molecule has 9 nitrogen and oxygen atoms in total. The Morgan fingerprint density at radius 3 is 2.88 bits per heavy atom. The molecule has 0 radical (unpaired) electrons. The second kappa shape index (κ2) is 8.16. The molecule has 6 rings (SSSR count). The third-order valence-electron chi connectivity index (χ3n) is 5.63. The van der Waals surface area contributed by atoms with Crippen LogP contribution in [0.5, 0.6) is 0 Å². The summed E-state index contributed by atoms with van der Waals surface area (Å²) < 4.78 is 21.1. The van der Waals surface area contributed by atoms with Gasteiger partial charge in [-0.1, -0.05) is 6.92 Å². The molecule has 0 aromatic carbocycles. The van der Waals surface area contributed by atoms with Gasteiger partial charge in [0.2, 0.25) is 0 Å². The Labute approximate surface area is 192 Å². The van der Waals surface area contributed by atoms with Crippen molar-refractivity contribution < 1.29 is 8.81 Å². The van der Waals surface area contributed by atoms with Crippen LogP contribution in [0.4, 0.5) is 4.39 Å². The summed E-state index contributed by atoms with van der Waals surface area (Å²) in [5.74, 6) is -0.0272. The molecule has 0 aliphatic rings. The molecule has 10 heteroatoms. The van der Waals surface area contributed by atoms with E-state index in [1.165, 1.54) is 6.20 Å². The molecule has 6 heterocycles. The lowest BCUT2D eigenvalue weighted by atomic mass is 10.1. The highest BCUT2D eigenvalue weighted by atomic mass is 19.1. The smallest absolute Gasteiger partial charge is 0.159 e. The zero-order chi connectivity index (χ0) is 23.1. The van der Waals surface area contributed by atoms with Crippen molar-refractivity contribution in [3.63, 3.8) is 0 Å². The normalized spacial score (nSPS) is 11.6. The summed E-state index contributed by atoms with van der Waals surface area (Å²) in [5.41, 5.74) is 5.48. The first-order chi connectivity index (χ1) is 16.7. The Kier molecular flexibility index (Phi) is 4.84. The first-order valence-electron chi connectivity index (χ1n) is 10.8. The van der Waals surface area contributed by atoms with Crippen LogP contribution in [0.2, 0.25) is 0 Å². The summed E-state index contributed by atoms with van der Waals surface area (Å²) in [4.78, 5) is 21.0. The number of pyridine rings is 3. The number of furan rings is 1. The molecule has 0 amide bonds. The van der Waals surface area contributed by atoms with E-state index >= 15 is 4.39 Å². The van der Waals surface area contributed by atoms with Crippen LogP contribution in [0, 0.1) is 5.82 Å². The molecule has 6 aromatic heterocycles. The number of fused-ring (bicyclic) bond motifs is 2. The number of nitrogens with zero attached hydrogens (tertiary/aromatic N) is 5. The Hall–Kier alpha value is -4.44. The van der Waals surface area contributed by atoms with Crippen LogP contribution in [0.1, 0.15) is 12.5 Å². The van der Waals surface area contributed by atoms with Crippen molar-refractivity contribution in [3.05, 3.63) is 66.9 Å². The van der Waals surface area contributed by atoms with Gasteiger partial charge in [0.05, 0.1) is 23.4 Å². The first kappa shape index (κ1) is 20.2. The number of imidazole rings is 1. The van der Waals surface area contributed by atoms with Gasteiger partial charge >= 0.3 is 0 Å². The summed E-state index contributed by atoms with van der Waals surface area (Å²) in [6.07, 6.45) is 9.75. The van der Waals surface area contributed by atoms with Crippen LogP contribution in [-0.2, 0) is 6.54 Å². The molecule has 0 fully saturated rings. The van der Waals surface area contributed by atoms with Crippen molar-refractivity contribution in [3.8, 4) is 33.9 Å². The van der Waals surface area contributed by atoms with E-state index < -0.39 is 5.82 Å². The highest BCUT2D eigenvalue weighted by Crippen LogP contribution is 2.34. The Bertz CT molecular complexity index is 1620. The van der Waals surface area contributed by atoms with Crippen LogP contribution in [-0.4, -0.2) is 41.7 Å². The summed E-state index contributed by atoms with van der Waals surface area (Å²) in [6, 6.07) is 5.53. The number of nitrogens with one attached hydrogen (secondary N) is 3. The lowest BCUT2D eigenvalue weighted by molar-refractivity contribution is 0.568. The van der Waals surface area contributed by atoms with Crippen LogP contribution in [0.25, 0.3) is 56.0 Å². The number of hydrogen-bond donors (Lipinski definition) is 3. The minimum absolute atomic E-state index is 0.256. The van der Waals surface area contributed by atoms with Crippen molar-refractivity contribution in [2.24, 2.45) is 0 Å². The van der Waals surface area contributed by atoms with Gasteiger partial charge < -0.3 is 14.7 Å². The standard InChI is InChI=1S/C24H19FN8O/c1-2-26-8-13-7-15(10-27-9-13)16-11-29-23-18(19(16)25)22(32-33-23)24-30-17-3-5-28-20(21(17)31-24)14-4-6-34-12-14/h3-7,9-12,26H,2,8H2,1H3,(H,30,31)(H,29,32,33). The average Bonchev–Trinajstić information content (AvgIpc) is 3.62. The van der Waals surface area contributed by atoms with Crippen LogP contribution < -0.4 is 5.32 Å². The van der Waals surface area contributed by atoms with Crippen molar-refractivity contribution in [1.82, 2.24) is 40.4 Å². The zero-order valence-electron chi connectivity index (χ0n) is 18.1. The molecule has 168 valence electrons. The Morgan fingerprint density at radius 2 is 2.03 bits per heavy atom. The second-order valence-electron chi connectivity index (χ2n) is 7.80. The van der Waals surface area contributed by atoms with Crippen molar-refractivity contribution in [2.75, 3.05) is 6.54 Å². The fraction of sp³-hybridized carbons (Fsp3) is 0.125. The van der Waals surface area contributed by atoms with Crippen LogP contribution >= 0.6 is 0 Å². The quantitative estimate of drug-likeness (QED) is 0.340. The van der Waals surface area contributed by atoms with Gasteiger partial charge in [0.15, 0.2) is 11.5 Å².